The van der Waals surface area contributed by atoms with Crippen LogP contribution >= 0.6 is 0 Å². The summed E-state index contributed by atoms with van der Waals surface area (Å²) in [4.78, 5) is 0. The highest BCUT2D eigenvalue weighted by Gasteiger charge is 2.18. The maximum Gasteiger partial charge on any atom is 0.0619 e. The van der Waals surface area contributed by atoms with Crippen molar-refractivity contribution in [3.05, 3.63) is 0 Å². The fourth-order valence-corrected chi connectivity index (χ4v) is 3.38. The summed E-state index contributed by atoms with van der Waals surface area (Å²) in [5.74, 6) is 0. The second kappa shape index (κ2) is 16.8. The monoisotopic (exact) mass is 326 g/mol. The molecule has 0 aromatic heterocycles. The Morgan fingerprint density at radius 1 is 0.478 bits per heavy atom. The van der Waals surface area contributed by atoms with Crippen LogP contribution in [0.4, 0.5) is 0 Å². The van der Waals surface area contributed by atoms with Crippen molar-refractivity contribution in [2.75, 3.05) is 0 Å². The van der Waals surface area contributed by atoms with Gasteiger partial charge in [0.25, 0.3) is 0 Å². The topological polar surface area (TPSA) is 20.2 Å². The predicted octanol–water partition coefficient (Wildman–Crippen LogP) is 7.80. The molecule has 0 bridgehead atoms. The molecular formula is C22H46O. The number of aliphatic hydroxyl groups is 1. The Balaban J connectivity index is 3.16. The summed E-state index contributed by atoms with van der Waals surface area (Å²) in [6, 6.07) is 0. The molecule has 1 nitrogen and oxygen atoms in total. The van der Waals surface area contributed by atoms with E-state index >= 15 is 0 Å². The SMILES string of the molecule is CCCCCCCCCCCCCCCCC(C)(O)CCCC. The standard InChI is InChI=1S/C22H46O/c1-4-6-8-9-10-11-12-13-14-15-16-17-18-19-21-22(3,23)20-7-5-2/h23H,4-21H2,1-3H3. The quantitative estimate of drug-likeness (QED) is 0.255. The fourth-order valence-electron chi connectivity index (χ4n) is 3.38. The second-order valence-electron chi connectivity index (χ2n) is 7.95. The van der Waals surface area contributed by atoms with Gasteiger partial charge in [0.2, 0.25) is 0 Å². The first-order valence-corrected chi connectivity index (χ1v) is 10.8. The predicted molar refractivity (Wildman–Crippen MR) is 105 cm³/mol. The molecule has 0 amide bonds. The van der Waals surface area contributed by atoms with Gasteiger partial charge < -0.3 is 5.11 Å². The molecule has 140 valence electrons. The summed E-state index contributed by atoms with van der Waals surface area (Å²) < 4.78 is 0. The molecule has 0 aromatic rings. The molecule has 1 atom stereocenters. The Hall–Kier alpha value is -0.0400. The molecule has 0 spiro atoms. The van der Waals surface area contributed by atoms with E-state index in [0.717, 1.165) is 19.3 Å². The molecule has 23 heavy (non-hydrogen) atoms. The molecule has 1 heteroatoms. The number of unbranched alkanes of at least 4 members (excludes halogenated alkanes) is 14. The molecule has 0 heterocycles. The van der Waals surface area contributed by atoms with E-state index in [1.54, 1.807) is 0 Å². The average molecular weight is 327 g/mol. The Morgan fingerprint density at radius 3 is 1.17 bits per heavy atom. The van der Waals surface area contributed by atoms with Gasteiger partial charge in [-0.25, -0.2) is 0 Å². The van der Waals surface area contributed by atoms with Gasteiger partial charge in [0.1, 0.15) is 0 Å². The Labute approximate surface area is 147 Å². The van der Waals surface area contributed by atoms with Gasteiger partial charge in [-0.1, -0.05) is 117 Å². The maximum atomic E-state index is 10.2. The summed E-state index contributed by atoms with van der Waals surface area (Å²) in [7, 11) is 0. The van der Waals surface area contributed by atoms with Gasteiger partial charge in [-0.05, 0) is 19.8 Å². The molecule has 0 radical (unpaired) electrons. The number of rotatable bonds is 18. The normalized spacial score (nSPS) is 14.1. The largest absolute Gasteiger partial charge is 0.390 e. The summed E-state index contributed by atoms with van der Waals surface area (Å²) in [5.41, 5.74) is -0.410. The van der Waals surface area contributed by atoms with Crippen LogP contribution in [0, 0.1) is 0 Å². The lowest BCUT2D eigenvalue weighted by atomic mass is 9.92. The third kappa shape index (κ3) is 18.1. The van der Waals surface area contributed by atoms with Crippen molar-refractivity contribution in [2.45, 2.75) is 142 Å². The van der Waals surface area contributed by atoms with Crippen LogP contribution in [0.25, 0.3) is 0 Å². The van der Waals surface area contributed by atoms with Gasteiger partial charge in [-0.3, -0.25) is 0 Å². The third-order valence-corrected chi connectivity index (χ3v) is 5.14. The van der Waals surface area contributed by atoms with Crippen molar-refractivity contribution in [1.82, 2.24) is 0 Å². The summed E-state index contributed by atoms with van der Waals surface area (Å²) in [6.45, 7) is 6.50. The maximum absolute atomic E-state index is 10.2. The van der Waals surface area contributed by atoms with E-state index in [1.807, 2.05) is 6.92 Å². The van der Waals surface area contributed by atoms with Crippen LogP contribution in [-0.4, -0.2) is 10.7 Å². The molecule has 1 N–H and O–H groups in total. The lowest BCUT2D eigenvalue weighted by Crippen LogP contribution is -2.23. The Morgan fingerprint density at radius 2 is 0.783 bits per heavy atom. The lowest BCUT2D eigenvalue weighted by molar-refractivity contribution is 0.0371. The zero-order chi connectivity index (χ0) is 17.2. The molecule has 1 unspecified atom stereocenters. The fraction of sp³-hybridized carbons (Fsp3) is 1.00. The van der Waals surface area contributed by atoms with Crippen LogP contribution in [0.2, 0.25) is 0 Å². The van der Waals surface area contributed by atoms with E-state index in [1.165, 1.54) is 96.3 Å². The van der Waals surface area contributed by atoms with Crippen molar-refractivity contribution < 1.29 is 5.11 Å². The molecule has 0 saturated carbocycles. The highest BCUT2D eigenvalue weighted by molar-refractivity contribution is 4.71. The Bertz CT molecular complexity index is 222. The van der Waals surface area contributed by atoms with Crippen LogP contribution in [0.3, 0.4) is 0 Å². The zero-order valence-electron chi connectivity index (χ0n) is 16.7. The van der Waals surface area contributed by atoms with E-state index in [-0.39, 0.29) is 0 Å². The van der Waals surface area contributed by atoms with Crippen molar-refractivity contribution in [1.29, 1.82) is 0 Å². The van der Waals surface area contributed by atoms with Gasteiger partial charge in [0.05, 0.1) is 5.60 Å². The van der Waals surface area contributed by atoms with Crippen molar-refractivity contribution in [2.24, 2.45) is 0 Å². The van der Waals surface area contributed by atoms with Gasteiger partial charge >= 0.3 is 0 Å². The second-order valence-corrected chi connectivity index (χ2v) is 7.95. The lowest BCUT2D eigenvalue weighted by Gasteiger charge is -2.22. The van der Waals surface area contributed by atoms with Crippen LogP contribution in [0.15, 0.2) is 0 Å². The van der Waals surface area contributed by atoms with E-state index in [2.05, 4.69) is 13.8 Å². The number of hydrogen-bond acceptors (Lipinski definition) is 1. The minimum absolute atomic E-state index is 0.410. The minimum Gasteiger partial charge on any atom is -0.390 e. The van der Waals surface area contributed by atoms with E-state index in [9.17, 15) is 5.11 Å². The first-order chi connectivity index (χ1) is 11.1. The Kier molecular flexibility index (Phi) is 16.8. The van der Waals surface area contributed by atoms with Gasteiger partial charge in [-0.2, -0.15) is 0 Å². The van der Waals surface area contributed by atoms with Crippen LogP contribution in [0.1, 0.15) is 136 Å². The molecular weight excluding hydrogens is 280 g/mol. The van der Waals surface area contributed by atoms with Crippen molar-refractivity contribution in [3.63, 3.8) is 0 Å². The highest BCUT2D eigenvalue weighted by atomic mass is 16.3. The van der Waals surface area contributed by atoms with Crippen molar-refractivity contribution >= 4 is 0 Å². The first kappa shape index (κ1) is 23.0. The third-order valence-electron chi connectivity index (χ3n) is 5.14. The molecule has 0 aromatic carbocycles. The summed E-state index contributed by atoms with van der Waals surface area (Å²) >= 11 is 0. The van der Waals surface area contributed by atoms with Gasteiger partial charge in [0, 0.05) is 0 Å². The summed E-state index contributed by atoms with van der Waals surface area (Å²) in [6.07, 6.45) is 23.9. The van der Waals surface area contributed by atoms with Gasteiger partial charge in [0.15, 0.2) is 0 Å². The minimum atomic E-state index is -0.410. The van der Waals surface area contributed by atoms with E-state index < -0.39 is 5.60 Å². The smallest absolute Gasteiger partial charge is 0.0619 e. The molecule has 0 aliphatic carbocycles. The molecule has 0 aliphatic rings. The van der Waals surface area contributed by atoms with E-state index in [0.29, 0.717) is 0 Å². The summed E-state index contributed by atoms with van der Waals surface area (Å²) in [5, 5.41) is 10.2. The van der Waals surface area contributed by atoms with Crippen LogP contribution in [0.5, 0.6) is 0 Å². The highest BCUT2D eigenvalue weighted by Crippen LogP contribution is 2.21. The van der Waals surface area contributed by atoms with Crippen LogP contribution < -0.4 is 0 Å². The first-order valence-electron chi connectivity index (χ1n) is 10.8. The molecule has 0 saturated heterocycles. The average Bonchev–Trinajstić information content (AvgIpc) is 2.53. The van der Waals surface area contributed by atoms with E-state index in [4.69, 9.17) is 0 Å². The molecule has 0 rings (SSSR count). The molecule has 0 fully saturated rings. The van der Waals surface area contributed by atoms with Gasteiger partial charge in [-0.15, -0.1) is 0 Å². The molecule has 0 aliphatic heterocycles. The van der Waals surface area contributed by atoms with Crippen molar-refractivity contribution in [3.8, 4) is 0 Å². The number of hydrogen-bond donors (Lipinski definition) is 1. The van der Waals surface area contributed by atoms with Crippen LogP contribution in [-0.2, 0) is 0 Å². The zero-order valence-corrected chi connectivity index (χ0v) is 16.7.